The average molecular weight is 218 g/mol. The van der Waals surface area contributed by atoms with Crippen LogP contribution in [-0.2, 0) is 5.41 Å². The van der Waals surface area contributed by atoms with Crippen molar-refractivity contribution in [1.82, 2.24) is 0 Å². The molecule has 0 amide bonds. The molecule has 1 rings (SSSR count). The van der Waals surface area contributed by atoms with Crippen molar-refractivity contribution >= 4 is 0 Å². The number of benzene rings is 1. The molecule has 0 heterocycles. The fourth-order valence-corrected chi connectivity index (χ4v) is 1.28. The number of aliphatic hydroxyl groups is 1. The summed E-state index contributed by atoms with van der Waals surface area (Å²) in [5.74, 6) is -0.571. The molecule has 84 valence electrons. The quantitative estimate of drug-likeness (QED) is 0.826. The summed E-state index contributed by atoms with van der Waals surface area (Å²) in [5.41, 5.74) is -0.967. The monoisotopic (exact) mass is 218 g/mol. The van der Waals surface area contributed by atoms with Crippen LogP contribution in [0.4, 0.5) is 13.2 Å². The lowest BCUT2D eigenvalue weighted by Gasteiger charge is -2.23. The zero-order valence-electron chi connectivity index (χ0n) is 8.60. The number of hydrogen-bond acceptors (Lipinski definition) is 1. The van der Waals surface area contributed by atoms with E-state index < -0.39 is 17.7 Å². The van der Waals surface area contributed by atoms with Gasteiger partial charge in [0, 0.05) is 11.0 Å². The molecule has 1 aromatic carbocycles. The highest BCUT2D eigenvalue weighted by molar-refractivity contribution is 5.31. The molecule has 0 aliphatic rings. The standard InChI is InChI=1S/C11H13F3O/c1-11(2,6-15)8-5-7(10(13)14)3-4-9(8)12/h3-5,10,15H,6H2,1-2H3. The lowest BCUT2D eigenvalue weighted by Crippen LogP contribution is -2.23. The Morgan fingerprint density at radius 1 is 1.33 bits per heavy atom. The van der Waals surface area contributed by atoms with E-state index in [-0.39, 0.29) is 17.7 Å². The summed E-state index contributed by atoms with van der Waals surface area (Å²) in [5, 5.41) is 9.05. The highest BCUT2D eigenvalue weighted by atomic mass is 19.3. The topological polar surface area (TPSA) is 20.2 Å². The van der Waals surface area contributed by atoms with Crippen LogP contribution < -0.4 is 0 Å². The van der Waals surface area contributed by atoms with Gasteiger partial charge in [0.1, 0.15) is 5.82 Å². The van der Waals surface area contributed by atoms with Gasteiger partial charge in [-0.1, -0.05) is 19.9 Å². The number of aliphatic hydroxyl groups excluding tert-OH is 1. The van der Waals surface area contributed by atoms with Crippen LogP contribution in [0.1, 0.15) is 31.4 Å². The van der Waals surface area contributed by atoms with Crippen molar-refractivity contribution in [2.45, 2.75) is 25.7 Å². The van der Waals surface area contributed by atoms with Crippen LogP contribution in [0.15, 0.2) is 18.2 Å². The van der Waals surface area contributed by atoms with Gasteiger partial charge in [-0.3, -0.25) is 0 Å². The average Bonchev–Trinajstić information content (AvgIpc) is 2.17. The van der Waals surface area contributed by atoms with Crippen molar-refractivity contribution in [2.75, 3.05) is 6.61 Å². The van der Waals surface area contributed by atoms with E-state index in [1.54, 1.807) is 13.8 Å². The van der Waals surface area contributed by atoms with Gasteiger partial charge in [-0.25, -0.2) is 13.2 Å². The highest BCUT2D eigenvalue weighted by Gasteiger charge is 2.24. The minimum absolute atomic E-state index is 0.114. The molecular formula is C11H13F3O. The van der Waals surface area contributed by atoms with Gasteiger partial charge in [0.05, 0.1) is 6.61 Å². The van der Waals surface area contributed by atoms with Gasteiger partial charge in [-0.15, -0.1) is 0 Å². The minimum atomic E-state index is -2.63. The molecule has 15 heavy (non-hydrogen) atoms. The van der Waals surface area contributed by atoms with Crippen LogP contribution in [0.3, 0.4) is 0 Å². The molecule has 0 aliphatic carbocycles. The van der Waals surface area contributed by atoms with Crippen molar-refractivity contribution < 1.29 is 18.3 Å². The van der Waals surface area contributed by atoms with Crippen LogP contribution in [0.25, 0.3) is 0 Å². The van der Waals surface area contributed by atoms with Crippen molar-refractivity contribution in [1.29, 1.82) is 0 Å². The number of alkyl halides is 2. The molecule has 1 aromatic rings. The van der Waals surface area contributed by atoms with E-state index >= 15 is 0 Å². The summed E-state index contributed by atoms with van der Waals surface area (Å²) in [7, 11) is 0. The van der Waals surface area contributed by atoms with Gasteiger partial charge in [0.15, 0.2) is 0 Å². The predicted octanol–water partition coefficient (Wildman–Crippen LogP) is 3.03. The Morgan fingerprint density at radius 3 is 2.40 bits per heavy atom. The van der Waals surface area contributed by atoms with Gasteiger partial charge in [0.25, 0.3) is 6.43 Å². The predicted molar refractivity (Wildman–Crippen MR) is 51.5 cm³/mol. The first kappa shape index (κ1) is 12.0. The lowest BCUT2D eigenvalue weighted by atomic mass is 9.84. The van der Waals surface area contributed by atoms with E-state index in [1.165, 1.54) is 0 Å². The van der Waals surface area contributed by atoms with Crippen molar-refractivity contribution in [3.8, 4) is 0 Å². The summed E-state index contributed by atoms with van der Waals surface area (Å²) in [6.07, 6.45) is -2.63. The fourth-order valence-electron chi connectivity index (χ4n) is 1.28. The zero-order valence-corrected chi connectivity index (χ0v) is 8.60. The Labute approximate surface area is 86.5 Å². The van der Waals surface area contributed by atoms with Crippen LogP contribution in [0.5, 0.6) is 0 Å². The largest absolute Gasteiger partial charge is 0.395 e. The summed E-state index contributed by atoms with van der Waals surface area (Å²) < 4.78 is 38.1. The molecule has 1 N–H and O–H groups in total. The zero-order chi connectivity index (χ0) is 11.6. The Morgan fingerprint density at radius 2 is 1.93 bits per heavy atom. The summed E-state index contributed by atoms with van der Waals surface area (Å²) in [6, 6.07) is 3.17. The molecule has 0 spiro atoms. The molecule has 0 saturated heterocycles. The Kier molecular flexibility index (Phi) is 3.39. The maximum Gasteiger partial charge on any atom is 0.263 e. The fraction of sp³-hybridized carbons (Fsp3) is 0.455. The third-order valence-electron chi connectivity index (χ3n) is 2.37. The minimum Gasteiger partial charge on any atom is -0.395 e. The van der Waals surface area contributed by atoms with Gasteiger partial charge in [-0.05, 0) is 17.7 Å². The van der Waals surface area contributed by atoms with E-state index in [0.29, 0.717) is 0 Å². The smallest absolute Gasteiger partial charge is 0.263 e. The molecular weight excluding hydrogens is 205 g/mol. The first-order valence-electron chi connectivity index (χ1n) is 4.57. The Bertz CT molecular complexity index is 348. The number of hydrogen-bond donors (Lipinski definition) is 1. The van der Waals surface area contributed by atoms with E-state index in [9.17, 15) is 13.2 Å². The summed E-state index contributed by atoms with van der Waals surface area (Å²) >= 11 is 0. The third kappa shape index (κ3) is 2.50. The molecule has 0 atom stereocenters. The third-order valence-corrected chi connectivity index (χ3v) is 2.37. The second kappa shape index (κ2) is 4.23. The Balaban J connectivity index is 3.22. The maximum atomic E-state index is 13.4. The molecule has 0 fully saturated rings. The SMILES string of the molecule is CC(C)(CO)c1cc(C(F)F)ccc1F. The van der Waals surface area contributed by atoms with Crippen LogP contribution in [-0.4, -0.2) is 11.7 Å². The van der Waals surface area contributed by atoms with Gasteiger partial charge >= 0.3 is 0 Å². The van der Waals surface area contributed by atoms with E-state index in [2.05, 4.69) is 0 Å². The number of rotatable bonds is 3. The molecule has 0 saturated carbocycles. The van der Waals surface area contributed by atoms with Gasteiger partial charge in [-0.2, -0.15) is 0 Å². The second-order valence-corrected chi connectivity index (χ2v) is 4.08. The molecule has 0 bridgehead atoms. The Hall–Kier alpha value is -1.03. The van der Waals surface area contributed by atoms with Crippen molar-refractivity contribution in [2.24, 2.45) is 0 Å². The molecule has 0 aliphatic heterocycles. The molecule has 1 nitrogen and oxygen atoms in total. The first-order chi connectivity index (χ1) is 6.88. The normalized spacial score (nSPS) is 12.2. The number of halogens is 3. The summed E-state index contributed by atoms with van der Waals surface area (Å²) in [4.78, 5) is 0. The van der Waals surface area contributed by atoms with E-state index in [4.69, 9.17) is 5.11 Å². The maximum absolute atomic E-state index is 13.4. The second-order valence-electron chi connectivity index (χ2n) is 4.08. The molecule has 0 aromatic heterocycles. The van der Waals surface area contributed by atoms with E-state index in [0.717, 1.165) is 18.2 Å². The van der Waals surface area contributed by atoms with Crippen LogP contribution >= 0.6 is 0 Å². The van der Waals surface area contributed by atoms with Gasteiger partial charge < -0.3 is 5.11 Å². The summed E-state index contributed by atoms with van der Waals surface area (Å²) in [6.45, 7) is 2.90. The molecule has 4 heteroatoms. The van der Waals surface area contributed by atoms with Crippen molar-refractivity contribution in [3.63, 3.8) is 0 Å². The van der Waals surface area contributed by atoms with Gasteiger partial charge in [0.2, 0.25) is 0 Å². The first-order valence-corrected chi connectivity index (χ1v) is 4.57. The van der Waals surface area contributed by atoms with E-state index in [1.807, 2.05) is 0 Å². The van der Waals surface area contributed by atoms with Crippen LogP contribution in [0.2, 0.25) is 0 Å². The molecule has 0 unspecified atom stereocenters. The van der Waals surface area contributed by atoms with Crippen molar-refractivity contribution in [3.05, 3.63) is 35.1 Å². The van der Waals surface area contributed by atoms with Crippen LogP contribution in [0, 0.1) is 5.82 Å². The molecule has 0 radical (unpaired) electrons. The lowest BCUT2D eigenvalue weighted by molar-refractivity contribution is 0.150. The highest BCUT2D eigenvalue weighted by Crippen LogP contribution is 2.29.